The SMILES string of the molecule is CCN(CC)C1(C(N)Cc2ccc(Cl)cc2F)CCCC1. The van der Waals surface area contributed by atoms with E-state index in [2.05, 4.69) is 18.7 Å². The Bertz CT molecular complexity index is 468. The van der Waals surface area contributed by atoms with Gasteiger partial charge < -0.3 is 5.73 Å². The van der Waals surface area contributed by atoms with Crippen molar-refractivity contribution in [3.8, 4) is 0 Å². The van der Waals surface area contributed by atoms with Crippen molar-refractivity contribution in [2.24, 2.45) is 5.73 Å². The molecule has 2 rings (SSSR count). The van der Waals surface area contributed by atoms with Crippen LogP contribution >= 0.6 is 11.6 Å². The highest BCUT2D eigenvalue weighted by atomic mass is 35.5. The van der Waals surface area contributed by atoms with Crippen molar-refractivity contribution >= 4 is 11.6 Å². The van der Waals surface area contributed by atoms with Gasteiger partial charge in [-0.3, -0.25) is 4.90 Å². The highest BCUT2D eigenvalue weighted by Gasteiger charge is 2.43. The van der Waals surface area contributed by atoms with Crippen LogP contribution in [0, 0.1) is 5.82 Å². The molecule has 118 valence electrons. The molecule has 1 aromatic carbocycles. The Balaban J connectivity index is 2.21. The van der Waals surface area contributed by atoms with Crippen LogP contribution in [-0.4, -0.2) is 29.6 Å². The van der Waals surface area contributed by atoms with Crippen LogP contribution in [0.15, 0.2) is 18.2 Å². The van der Waals surface area contributed by atoms with Crippen molar-refractivity contribution < 1.29 is 4.39 Å². The molecule has 2 nitrogen and oxygen atoms in total. The summed E-state index contributed by atoms with van der Waals surface area (Å²) in [5, 5.41) is 0.434. The average molecular weight is 313 g/mol. The van der Waals surface area contributed by atoms with Gasteiger partial charge in [0.2, 0.25) is 0 Å². The maximum absolute atomic E-state index is 14.0. The fraction of sp³-hybridized carbons (Fsp3) is 0.647. The first-order valence-electron chi connectivity index (χ1n) is 7.98. The van der Waals surface area contributed by atoms with Gasteiger partial charge in [0.15, 0.2) is 0 Å². The Morgan fingerprint density at radius 2 is 1.90 bits per heavy atom. The lowest BCUT2D eigenvalue weighted by Gasteiger charge is -2.45. The molecule has 1 saturated carbocycles. The topological polar surface area (TPSA) is 29.3 Å². The van der Waals surface area contributed by atoms with Gasteiger partial charge >= 0.3 is 0 Å². The molecule has 0 aliphatic heterocycles. The molecule has 0 aromatic heterocycles. The summed E-state index contributed by atoms with van der Waals surface area (Å²) in [4.78, 5) is 2.47. The Hall–Kier alpha value is -0.640. The lowest BCUT2D eigenvalue weighted by atomic mass is 9.83. The molecule has 0 bridgehead atoms. The van der Waals surface area contributed by atoms with Crippen molar-refractivity contribution in [3.63, 3.8) is 0 Å². The maximum Gasteiger partial charge on any atom is 0.127 e. The summed E-state index contributed by atoms with van der Waals surface area (Å²) >= 11 is 5.82. The quantitative estimate of drug-likeness (QED) is 0.860. The van der Waals surface area contributed by atoms with Crippen molar-refractivity contribution in [2.45, 2.75) is 57.5 Å². The molecule has 0 heterocycles. The van der Waals surface area contributed by atoms with E-state index in [1.165, 1.54) is 18.9 Å². The standard InChI is InChI=1S/C17H26ClFN2/c1-3-21(4-2)17(9-5-6-10-17)16(20)11-13-7-8-14(18)12-15(13)19/h7-8,12,16H,3-6,9-11,20H2,1-2H3. The molecular weight excluding hydrogens is 287 g/mol. The highest BCUT2D eigenvalue weighted by Crippen LogP contribution is 2.38. The molecular formula is C17H26ClFN2. The number of hydrogen-bond donors (Lipinski definition) is 1. The fourth-order valence-electron chi connectivity index (χ4n) is 3.88. The minimum Gasteiger partial charge on any atom is -0.326 e. The minimum absolute atomic E-state index is 0.0234. The van der Waals surface area contributed by atoms with E-state index >= 15 is 0 Å². The van der Waals surface area contributed by atoms with Crippen LogP contribution in [-0.2, 0) is 6.42 Å². The van der Waals surface area contributed by atoms with Crippen molar-refractivity contribution in [3.05, 3.63) is 34.6 Å². The molecule has 1 aliphatic rings. The normalized spacial score (nSPS) is 19.1. The summed E-state index contributed by atoms with van der Waals surface area (Å²) < 4.78 is 14.0. The van der Waals surface area contributed by atoms with Crippen LogP contribution in [0.25, 0.3) is 0 Å². The number of nitrogens with two attached hydrogens (primary N) is 1. The van der Waals surface area contributed by atoms with E-state index in [1.54, 1.807) is 12.1 Å². The van der Waals surface area contributed by atoms with Gasteiger partial charge in [0.1, 0.15) is 5.82 Å². The van der Waals surface area contributed by atoms with Gasteiger partial charge in [-0.2, -0.15) is 0 Å². The lowest BCUT2D eigenvalue weighted by Crippen LogP contribution is -2.59. The molecule has 0 amide bonds. The van der Waals surface area contributed by atoms with E-state index in [-0.39, 0.29) is 17.4 Å². The van der Waals surface area contributed by atoms with Gasteiger partial charge in [0.05, 0.1) is 0 Å². The molecule has 4 heteroatoms. The zero-order valence-corrected chi connectivity index (χ0v) is 13.8. The number of hydrogen-bond acceptors (Lipinski definition) is 2. The third-order valence-electron chi connectivity index (χ3n) is 5.01. The predicted octanol–water partition coefficient (Wildman–Crippen LogP) is 4.00. The molecule has 1 atom stereocenters. The summed E-state index contributed by atoms with van der Waals surface area (Å²) in [7, 11) is 0. The molecule has 21 heavy (non-hydrogen) atoms. The van der Waals surface area contributed by atoms with Crippen LogP contribution in [0.3, 0.4) is 0 Å². The van der Waals surface area contributed by atoms with E-state index in [0.29, 0.717) is 17.0 Å². The third-order valence-corrected chi connectivity index (χ3v) is 5.24. The second-order valence-corrected chi connectivity index (χ2v) is 6.47. The molecule has 2 N–H and O–H groups in total. The second kappa shape index (κ2) is 7.08. The van der Waals surface area contributed by atoms with Gasteiger partial charge in [-0.25, -0.2) is 4.39 Å². The van der Waals surface area contributed by atoms with Crippen LogP contribution in [0.1, 0.15) is 45.1 Å². The summed E-state index contributed by atoms with van der Waals surface area (Å²) in [5.74, 6) is -0.245. The van der Waals surface area contributed by atoms with E-state index in [1.807, 2.05) is 0 Å². The van der Waals surface area contributed by atoms with Crippen molar-refractivity contribution in [1.29, 1.82) is 0 Å². The van der Waals surface area contributed by atoms with Gasteiger partial charge in [-0.05, 0) is 50.0 Å². The zero-order valence-electron chi connectivity index (χ0n) is 13.0. The molecule has 0 spiro atoms. The third kappa shape index (κ3) is 3.41. The van der Waals surface area contributed by atoms with E-state index in [4.69, 9.17) is 17.3 Å². The largest absolute Gasteiger partial charge is 0.326 e. The van der Waals surface area contributed by atoms with Gasteiger partial charge in [-0.1, -0.05) is 44.4 Å². The summed E-state index contributed by atoms with van der Waals surface area (Å²) in [5.41, 5.74) is 7.26. The fourth-order valence-corrected chi connectivity index (χ4v) is 4.04. The molecule has 1 aliphatic carbocycles. The number of benzene rings is 1. The lowest BCUT2D eigenvalue weighted by molar-refractivity contribution is 0.0769. The average Bonchev–Trinajstić information content (AvgIpc) is 2.94. The first-order chi connectivity index (χ1) is 10.0. The Labute approximate surface area is 132 Å². The first-order valence-corrected chi connectivity index (χ1v) is 8.36. The molecule has 1 fully saturated rings. The molecule has 1 aromatic rings. The first kappa shape index (κ1) is 16.7. The van der Waals surface area contributed by atoms with Gasteiger partial charge in [0, 0.05) is 16.6 Å². The zero-order chi connectivity index (χ0) is 15.5. The molecule has 1 unspecified atom stereocenters. The number of likely N-dealkylation sites (N-methyl/N-ethyl adjacent to an activating group) is 1. The number of rotatable bonds is 6. The van der Waals surface area contributed by atoms with Crippen LogP contribution in [0.4, 0.5) is 4.39 Å². The monoisotopic (exact) mass is 312 g/mol. The van der Waals surface area contributed by atoms with Crippen LogP contribution in [0.5, 0.6) is 0 Å². The second-order valence-electron chi connectivity index (χ2n) is 6.03. The summed E-state index contributed by atoms with van der Waals surface area (Å²) in [6.45, 7) is 6.35. The van der Waals surface area contributed by atoms with Gasteiger partial charge in [0.25, 0.3) is 0 Å². The van der Waals surface area contributed by atoms with Crippen molar-refractivity contribution in [1.82, 2.24) is 4.90 Å². The number of nitrogens with zero attached hydrogens (tertiary/aromatic N) is 1. The predicted molar refractivity (Wildman–Crippen MR) is 87.2 cm³/mol. The number of halogens is 2. The Morgan fingerprint density at radius 3 is 2.43 bits per heavy atom. The smallest absolute Gasteiger partial charge is 0.127 e. The van der Waals surface area contributed by atoms with Gasteiger partial charge in [-0.15, -0.1) is 0 Å². The Kier molecular flexibility index (Phi) is 5.64. The van der Waals surface area contributed by atoms with Crippen LogP contribution in [0.2, 0.25) is 5.02 Å². The summed E-state index contributed by atoms with van der Waals surface area (Å²) in [6, 6.07) is 4.84. The summed E-state index contributed by atoms with van der Waals surface area (Å²) in [6.07, 6.45) is 5.23. The van der Waals surface area contributed by atoms with Crippen LogP contribution < -0.4 is 5.73 Å². The van der Waals surface area contributed by atoms with E-state index in [0.717, 1.165) is 25.9 Å². The van der Waals surface area contributed by atoms with E-state index < -0.39 is 0 Å². The van der Waals surface area contributed by atoms with Crippen molar-refractivity contribution in [2.75, 3.05) is 13.1 Å². The molecule has 0 saturated heterocycles. The Morgan fingerprint density at radius 1 is 1.29 bits per heavy atom. The maximum atomic E-state index is 14.0. The minimum atomic E-state index is -0.245. The molecule has 0 radical (unpaired) electrons. The highest BCUT2D eigenvalue weighted by molar-refractivity contribution is 6.30. The van der Waals surface area contributed by atoms with E-state index in [9.17, 15) is 4.39 Å².